The molecule has 1 saturated heterocycles. The number of hydrogen-bond acceptors (Lipinski definition) is 4. The molecule has 2 rings (SSSR count). The van der Waals surface area contributed by atoms with Gasteiger partial charge in [-0.25, -0.2) is 0 Å². The van der Waals surface area contributed by atoms with E-state index in [9.17, 15) is 4.79 Å². The van der Waals surface area contributed by atoms with Crippen molar-refractivity contribution in [2.45, 2.75) is 65.3 Å². The zero-order valence-corrected chi connectivity index (χ0v) is 16.5. The molecule has 26 heavy (non-hydrogen) atoms. The molecule has 1 aliphatic heterocycles. The second-order valence-electron chi connectivity index (χ2n) is 7.13. The van der Waals surface area contributed by atoms with Gasteiger partial charge in [-0.2, -0.15) is 0 Å². The maximum absolute atomic E-state index is 12.7. The molecule has 1 unspecified atom stereocenters. The number of rotatable bonds is 10. The van der Waals surface area contributed by atoms with Gasteiger partial charge >= 0.3 is 0 Å². The molecule has 0 aliphatic carbocycles. The maximum atomic E-state index is 12.7. The Balaban J connectivity index is 1.81. The van der Waals surface area contributed by atoms with Crippen LogP contribution < -0.4 is 5.32 Å². The lowest BCUT2D eigenvalue weighted by Crippen LogP contribution is -2.51. The molecule has 1 aromatic carbocycles. The lowest BCUT2D eigenvalue weighted by Gasteiger charge is -2.37. The summed E-state index contributed by atoms with van der Waals surface area (Å²) in [4.78, 5) is 15.0. The molecule has 1 heterocycles. The second-order valence-corrected chi connectivity index (χ2v) is 7.13. The quantitative estimate of drug-likeness (QED) is 0.650. The highest BCUT2D eigenvalue weighted by atomic mass is 16.5. The third-order valence-electron chi connectivity index (χ3n) is 4.81. The zero-order valence-electron chi connectivity index (χ0n) is 16.5. The van der Waals surface area contributed by atoms with E-state index in [1.165, 1.54) is 6.42 Å². The molecule has 1 amide bonds. The molecule has 146 valence electrons. The first kappa shape index (κ1) is 20.9. The Labute approximate surface area is 158 Å². The van der Waals surface area contributed by atoms with Crippen molar-refractivity contribution in [1.82, 2.24) is 10.2 Å². The first-order chi connectivity index (χ1) is 12.6. The Morgan fingerprint density at radius 1 is 1.23 bits per heavy atom. The number of amides is 1. The van der Waals surface area contributed by atoms with E-state index in [2.05, 4.69) is 30.1 Å². The Morgan fingerprint density at radius 2 is 2.00 bits per heavy atom. The maximum Gasteiger partial charge on any atom is 0.237 e. The van der Waals surface area contributed by atoms with Gasteiger partial charge < -0.3 is 14.8 Å². The van der Waals surface area contributed by atoms with E-state index in [1.807, 2.05) is 25.1 Å². The number of likely N-dealkylation sites (tertiary alicyclic amines) is 1. The van der Waals surface area contributed by atoms with Gasteiger partial charge in [0.05, 0.1) is 25.9 Å². The van der Waals surface area contributed by atoms with Crippen LogP contribution in [0.5, 0.6) is 0 Å². The van der Waals surface area contributed by atoms with Gasteiger partial charge in [0.1, 0.15) is 0 Å². The second kappa shape index (κ2) is 11.3. The highest BCUT2D eigenvalue weighted by molar-refractivity contribution is 5.81. The Bertz CT molecular complexity index is 548. The van der Waals surface area contributed by atoms with Gasteiger partial charge in [-0.05, 0) is 51.3 Å². The van der Waals surface area contributed by atoms with Gasteiger partial charge in [-0.3, -0.25) is 9.69 Å². The molecular formula is C21H34N2O3. The van der Waals surface area contributed by atoms with E-state index in [4.69, 9.17) is 9.47 Å². The summed E-state index contributed by atoms with van der Waals surface area (Å²) < 4.78 is 10.9. The summed E-state index contributed by atoms with van der Waals surface area (Å²) in [6, 6.07) is 8.63. The summed E-state index contributed by atoms with van der Waals surface area (Å²) >= 11 is 0. The van der Waals surface area contributed by atoms with Crippen molar-refractivity contribution in [3.63, 3.8) is 0 Å². The minimum atomic E-state index is 0.00818. The van der Waals surface area contributed by atoms with E-state index < -0.39 is 0 Å². The van der Waals surface area contributed by atoms with E-state index >= 15 is 0 Å². The predicted octanol–water partition coefficient (Wildman–Crippen LogP) is 3.12. The van der Waals surface area contributed by atoms with Crippen molar-refractivity contribution < 1.29 is 14.3 Å². The molecule has 5 heteroatoms. The van der Waals surface area contributed by atoms with Crippen LogP contribution in [0.3, 0.4) is 0 Å². The van der Waals surface area contributed by atoms with Crippen LogP contribution in [0, 0.1) is 0 Å². The minimum absolute atomic E-state index is 0.00818. The molecule has 0 radical (unpaired) electrons. The number of nitrogens with zero attached hydrogens (tertiary/aromatic N) is 1. The van der Waals surface area contributed by atoms with E-state index in [0.29, 0.717) is 39.0 Å². The number of piperidine rings is 1. The van der Waals surface area contributed by atoms with E-state index in [-0.39, 0.29) is 11.9 Å². The molecule has 1 aliphatic rings. The first-order valence-electron chi connectivity index (χ1n) is 9.88. The van der Waals surface area contributed by atoms with Crippen molar-refractivity contribution >= 4 is 5.91 Å². The monoisotopic (exact) mass is 362 g/mol. The largest absolute Gasteiger partial charge is 0.379 e. The summed E-state index contributed by atoms with van der Waals surface area (Å²) in [6.07, 6.45) is 3.28. The standard InChI is InChI=1S/C21H34N2O3/c1-4-25-12-13-26-16-19-9-7-8-18(14-19)15-22-21(24)20-10-5-6-11-23(20)17(2)3/h7-9,14,17,20H,4-6,10-13,15-16H2,1-3H3,(H,22,24). The normalized spacial score (nSPS) is 18.2. The van der Waals surface area contributed by atoms with Crippen LogP contribution in [0.15, 0.2) is 24.3 Å². The number of ether oxygens (including phenoxy) is 2. The van der Waals surface area contributed by atoms with Crippen LogP contribution in [0.1, 0.15) is 51.2 Å². The number of hydrogen-bond donors (Lipinski definition) is 1. The van der Waals surface area contributed by atoms with Gasteiger partial charge in [0.15, 0.2) is 0 Å². The van der Waals surface area contributed by atoms with Gasteiger partial charge in [0.2, 0.25) is 5.91 Å². The topological polar surface area (TPSA) is 50.8 Å². The summed E-state index contributed by atoms with van der Waals surface area (Å²) in [6.45, 7) is 10.4. The number of nitrogens with one attached hydrogen (secondary N) is 1. The molecule has 1 N–H and O–H groups in total. The van der Waals surface area contributed by atoms with Crippen molar-refractivity contribution in [3.8, 4) is 0 Å². The third-order valence-corrected chi connectivity index (χ3v) is 4.81. The summed E-state index contributed by atoms with van der Waals surface area (Å²) in [5.41, 5.74) is 2.23. The lowest BCUT2D eigenvalue weighted by molar-refractivity contribution is -0.128. The van der Waals surface area contributed by atoms with Gasteiger partial charge in [-0.1, -0.05) is 30.7 Å². The lowest BCUT2D eigenvalue weighted by atomic mass is 9.99. The average Bonchev–Trinajstić information content (AvgIpc) is 2.66. The Morgan fingerprint density at radius 3 is 2.77 bits per heavy atom. The summed E-state index contributed by atoms with van der Waals surface area (Å²) in [5.74, 6) is 0.150. The van der Waals surface area contributed by atoms with Crippen LogP contribution in [0.25, 0.3) is 0 Å². The van der Waals surface area contributed by atoms with Crippen LogP contribution in [-0.2, 0) is 27.4 Å². The van der Waals surface area contributed by atoms with Crippen LogP contribution in [0.4, 0.5) is 0 Å². The molecule has 1 aromatic rings. The molecule has 0 saturated carbocycles. The highest BCUT2D eigenvalue weighted by Gasteiger charge is 2.29. The van der Waals surface area contributed by atoms with Gasteiger partial charge in [0, 0.05) is 19.2 Å². The Kier molecular flexibility index (Phi) is 9.09. The molecule has 5 nitrogen and oxygen atoms in total. The summed E-state index contributed by atoms with van der Waals surface area (Å²) in [7, 11) is 0. The van der Waals surface area contributed by atoms with Crippen molar-refractivity contribution in [2.24, 2.45) is 0 Å². The Hall–Kier alpha value is -1.43. The smallest absolute Gasteiger partial charge is 0.237 e. The van der Waals surface area contributed by atoms with E-state index in [0.717, 1.165) is 30.5 Å². The highest BCUT2D eigenvalue weighted by Crippen LogP contribution is 2.19. The zero-order chi connectivity index (χ0) is 18.8. The molecule has 1 fully saturated rings. The van der Waals surface area contributed by atoms with Crippen LogP contribution in [0.2, 0.25) is 0 Å². The van der Waals surface area contributed by atoms with E-state index in [1.54, 1.807) is 0 Å². The van der Waals surface area contributed by atoms with Crippen LogP contribution in [-0.4, -0.2) is 49.3 Å². The minimum Gasteiger partial charge on any atom is -0.379 e. The SMILES string of the molecule is CCOCCOCc1cccc(CNC(=O)C2CCCCN2C(C)C)c1. The summed E-state index contributed by atoms with van der Waals surface area (Å²) in [5, 5.41) is 3.12. The van der Waals surface area contributed by atoms with Crippen molar-refractivity contribution in [3.05, 3.63) is 35.4 Å². The first-order valence-corrected chi connectivity index (χ1v) is 9.88. The third kappa shape index (κ3) is 6.71. The molecule has 0 aromatic heterocycles. The molecular weight excluding hydrogens is 328 g/mol. The molecule has 1 atom stereocenters. The van der Waals surface area contributed by atoms with Crippen LogP contribution >= 0.6 is 0 Å². The van der Waals surface area contributed by atoms with Crippen molar-refractivity contribution in [1.29, 1.82) is 0 Å². The molecule has 0 bridgehead atoms. The predicted molar refractivity (Wildman–Crippen MR) is 104 cm³/mol. The van der Waals surface area contributed by atoms with Gasteiger partial charge in [0.25, 0.3) is 0 Å². The number of carbonyl (C=O) groups is 1. The molecule has 0 spiro atoms. The fraction of sp³-hybridized carbons (Fsp3) is 0.667. The van der Waals surface area contributed by atoms with Crippen molar-refractivity contribution in [2.75, 3.05) is 26.4 Å². The fourth-order valence-electron chi connectivity index (χ4n) is 3.44. The van der Waals surface area contributed by atoms with Gasteiger partial charge in [-0.15, -0.1) is 0 Å². The fourth-order valence-corrected chi connectivity index (χ4v) is 3.44. The average molecular weight is 363 g/mol. The number of benzene rings is 1. The number of carbonyl (C=O) groups excluding carboxylic acids is 1.